The van der Waals surface area contributed by atoms with Crippen LogP contribution in [0, 0.1) is 0 Å². The molecule has 2 heteroatoms. The highest BCUT2D eigenvalue weighted by atomic mass is 15.1. The van der Waals surface area contributed by atoms with E-state index in [2.05, 4.69) is 37.0 Å². The molecule has 0 saturated heterocycles. The Morgan fingerprint density at radius 1 is 1.50 bits per heavy atom. The summed E-state index contributed by atoms with van der Waals surface area (Å²) in [7, 11) is 6.37. The monoisotopic (exact) mass is 140 g/mol. The van der Waals surface area contributed by atoms with Gasteiger partial charge in [-0.1, -0.05) is 6.08 Å². The zero-order chi connectivity index (χ0) is 7.56. The van der Waals surface area contributed by atoms with Crippen molar-refractivity contribution in [2.75, 3.05) is 34.2 Å². The van der Waals surface area contributed by atoms with Crippen LogP contribution in [-0.4, -0.2) is 44.0 Å². The first-order valence-corrected chi connectivity index (χ1v) is 3.75. The quantitative estimate of drug-likeness (QED) is 0.531. The second-order valence-corrected chi connectivity index (χ2v) is 3.10. The zero-order valence-electron chi connectivity index (χ0n) is 7.09. The van der Waals surface area contributed by atoms with Gasteiger partial charge in [-0.05, 0) is 13.5 Å². The topological polar surface area (TPSA) is 6.48 Å². The van der Waals surface area contributed by atoms with Crippen LogP contribution in [0.5, 0.6) is 0 Å². The van der Waals surface area contributed by atoms with Crippen molar-refractivity contribution in [1.82, 2.24) is 9.80 Å². The maximum atomic E-state index is 2.33. The second kappa shape index (κ2) is 3.06. The Kier molecular flexibility index (Phi) is 2.33. The van der Waals surface area contributed by atoms with E-state index in [1.165, 1.54) is 18.7 Å². The molecule has 0 fully saturated rings. The zero-order valence-corrected chi connectivity index (χ0v) is 7.09. The van der Waals surface area contributed by atoms with Crippen molar-refractivity contribution in [2.45, 2.75) is 6.42 Å². The van der Waals surface area contributed by atoms with Gasteiger partial charge < -0.3 is 9.80 Å². The van der Waals surface area contributed by atoms with Gasteiger partial charge in [-0.3, -0.25) is 0 Å². The van der Waals surface area contributed by atoms with Gasteiger partial charge in [-0.2, -0.15) is 0 Å². The standard InChI is InChI=1S/C8H16N2/c1-9(2)8-4-6-10(3)7-5-8/h4H,5-7H2,1-3H3. The van der Waals surface area contributed by atoms with E-state index < -0.39 is 0 Å². The molecule has 0 N–H and O–H groups in total. The molecular formula is C8H16N2. The number of likely N-dealkylation sites (N-methyl/N-ethyl adjacent to an activating group) is 1. The van der Waals surface area contributed by atoms with Crippen LogP contribution in [-0.2, 0) is 0 Å². The van der Waals surface area contributed by atoms with Crippen LogP contribution in [0.25, 0.3) is 0 Å². The first kappa shape index (κ1) is 7.61. The van der Waals surface area contributed by atoms with Gasteiger partial charge in [0.2, 0.25) is 0 Å². The summed E-state index contributed by atoms with van der Waals surface area (Å²) in [6.45, 7) is 2.30. The predicted octanol–water partition coefficient (Wildman–Crippen LogP) is 0.767. The lowest BCUT2D eigenvalue weighted by molar-refractivity contribution is 0.329. The molecule has 0 atom stereocenters. The van der Waals surface area contributed by atoms with Crippen molar-refractivity contribution in [2.24, 2.45) is 0 Å². The Morgan fingerprint density at radius 2 is 2.20 bits per heavy atom. The average molecular weight is 140 g/mol. The molecule has 1 heterocycles. The largest absolute Gasteiger partial charge is 0.381 e. The van der Waals surface area contributed by atoms with Gasteiger partial charge in [0.15, 0.2) is 0 Å². The Labute approximate surface area is 63.1 Å². The summed E-state index contributed by atoms with van der Waals surface area (Å²) in [5, 5.41) is 0. The Bertz CT molecular complexity index is 138. The number of nitrogens with zero attached hydrogens (tertiary/aromatic N) is 2. The highest BCUT2D eigenvalue weighted by Gasteiger charge is 2.07. The van der Waals surface area contributed by atoms with Gasteiger partial charge in [0.05, 0.1) is 0 Å². The summed E-state index contributed by atoms with van der Waals surface area (Å²) in [6, 6.07) is 0. The van der Waals surface area contributed by atoms with Crippen LogP contribution < -0.4 is 0 Å². The van der Waals surface area contributed by atoms with Gasteiger partial charge in [0, 0.05) is 32.9 Å². The minimum Gasteiger partial charge on any atom is -0.381 e. The SMILES string of the molecule is CN1CC=C(N(C)C)CC1. The molecule has 2 nitrogen and oxygen atoms in total. The number of hydrogen-bond donors (Lipinski definition) is 0. The van der Waals surface area contributed by atoms with Gasteiger partial charge in [0.25, 0.3) is 0 Å². The van der Waals surface area contributed by atoms with Crippen molar-refractivity contribution < 1.29 is 0 Å². The van der Waals surface area contributed by atoms with Gasteiger partial charge >= 0.3 is 0 Å². The molecule has 10 heavy (non-hydrogen) atoms. The smallest absolute Gasteiger partial charge is 0.0180 e. The first-order chi connectivity index (χ1) is 4.70. The average Bonchev–Trinajstić information content (AvgIpc) is 1.88. The molecule has 1 rings (SSSR count). The normalized spacial score (nSPS) is 20.5. The lowest BCUT2D eigenvalue weighted by atomic mass is 10.2. The van der Waals surface area contributed by atoms with Crippen molar-refractivity contribution in [3.05, 3.63) is 11.8 Å². The molecular weight excluding hydrogens is 124 g/mol. The summed E-state index contributed by atoms with van der Waals surface area (Å²) in [4.78, 5) is 4.53. The highest BCUT2D eigenvalue weighted by Crippen LogP contribution is 2.10. The predicted molar refractivity (Wildman–Crippen MR) is 43.9 cm³/mol. The molecule has 0 bridgehead atoms. The lowest BCUT2D eigenvalue weighted by Gasteiger charge is -2.26. The molecule has 0 unspecified atom stereocenters. The summed E-state index contributed by atoms with van der Waals surface area (Å²) in [5.41, 5.74) is 1.47. The van der Waals surface area contributed by atoms with E-state index in [0.717, 1.165) is 6.54 Å². The number of hydrogen-bond acceptors (Lipinski definition) is 2. The Hall–Kier alpha value is -0.500. The molecule has 58 valence electrons. The molecule has 0 aliphatic carbocycles. The third-order valence-electron chi connectivity index (χ3n) is 1.96. The van der Waals surface area contributed by atoms with Crippen LogP contribution in [0.15, 0.2) is 11.8 Å². The maximum Gasteiger partial charge on any atom is 0.0180 e. The molecule has 0 saturated carbocycles. The van der Waals surface area contributed by atoms with E-state index in [1.807, 2.05) is 0 Å². The molecule has 0 radical (unpaired) electrons. The van der Waals surface area contributed by atoms with Crippen LogP contribution in [0.3, 0.4) is 0 Å². The van der Waals surface area contributed by atoms with Gasteiger partial charge in [-0.15, -0.1) is 0 Å². The van der Waals surface area contributed by atoms with Gasteiger partial charge in [-0.25, -0.2) is 0 Å². The van der Waals surface area contributed by atoms with E-state index in [9.17, 15) is 0 Å². The van der Waals surface area contributed by atoms with Crippen molar-refractivity contribution in [1.29, 1.82) is 0 Å². The van der Waals surface area contributed by atoms with Crippen molar-refractivity contribution in [3.63, 3.8) is 0 Å². The minimum absolute atomic E-state index is 1.10. The fourth-order valence-corrected chi connectivity index (χ4v) is 1.17. The molecule has 1 aliphatic rings. The Balaban J connectivity index is 2.48. The van der Waals surface area contributed by atoms with E-state index in [-0.39, 0.29) is 0 Å². The van der Waals surface area contributed by atoms with Crippen molar-refractivity contribution >= 4 is 0 Å². The molecule has 1 aliphatic heterocycles. The summed E-state index contributed by atoms with van der Waals surface area (Å²) < 4.78 is 0. The molecule has 0 spiro atoms. The summed E-state index contributed by atoms with van der Waals surface area (Å²) in [6.07, 6.45) is 3.49. The Morgan fingerprint density at radius 3 is 2.60 bits per heavy atom. The van der Waals surface area contributed by atoms with E-state index in [1.54, 1.807) is 0 Å². The fourth-order valence-electron chi connectivity index (χ4n) is 1.17. The second-order valence-electron chi connectivity index (χ2n) is 3.10. The third kappa shape index (κ3) is 1.74. The third-order valence-corrected chi connectivity index (χ3v) is 1.96. The van der Waals surface area contributed by atoms with Crippen LogP contribution in [0.4, 0.5) is 0 Å². The van der Waals surface area contributed by atoms with Crippen LogP contribution in [0.2, 0.25) is 0 Å². The summed E-state index contributed by atoms with van der Waals surface area (Å²) in [5.74, 6) is 0. The maximum absolute atomic E-state index is 2.33. The first-order valence-electron chi connectivity index (χ1n) is 3.75. The lowest BCUT2D eigenvalue weighted by Crippen LogP contribution is -2.28. The molecule has 0 aromatic heterocycles. The fraction of sp³-hybridized carbons (Fsp3) is 0.750. The van der Waals surface area contributed by atoms with Crippen LogP contribution in [0.1, 0.15) is 6.42 Å². The van der Waals surface area contributed by atoms with E-state index in [4.69, 9.17) is 0 Å². The summed E-state index contributed by atoms with van der Waals surface area (Å²) >= 11 is 0. The van der Waals surface area contributed by atoms with Gasteiger partial charge in [0.1, 0.15) is 0 Å². The number of rotatable bonds is 1. The molecule has 0 aromatic carbocycles. The molecule has 0 amide bonds. The van der Waals surface area contributed by atoms with Crippen molar-refractivity contribution in [3.8, 4) is 0 Å². The molecule has 0 aromatic rings. The van der Waals surface area contributed by atoms with Crippen LogP contribution >= 0.6 is 0 Å². The van der Waals surface area contributed by atoms with E-state index >= 15 is 0 Å². The minimum atomic E-state index is 1.10. The highest BCUT2D eigenvalue weighted by molar-refractivity contribution is 5.04. The van der Waals surface area contributed by atoms with E-state index in [0.29, 0.717) is 0 Å².